The molecule has 0 atom stereocenters. The quantitative estimate of drug-likeness (QED) is 0.213. The molecule has 0 bridgehead atoms. The Bertz CT molecular complexity index is 275. The van der Waals surface area contributed by atoms with Crippen LogP contribution in [-0.4, -0.2) is 19.4 Å². The molecule has 0 aromatic heterocycles. The van der Waals surface area contributed by atoms with Crippen LogP contribution in [0.25, 0.3) is 0 Å². The van der Waals surface area contributed by atoms with Crippen molar-refractivity contribution in [3.63, 3.8) is 0 Å². The minimum Gasteiger partial charge on any atom is -0.545 e. The summed E-state index contributed by atoms with van der Waals surface area (Å²) in [7, 11) is 0. The summed E-state index contributed by atoms with van der Waals surface area (Å²) in [5.41, 5.74) is 0. The number of hydrogen-bond donors (Lipinski definition) is 0. The van der Waals surface area contributed by atoms with Crippen LogP contribution in [0.3, 0.4) is 0 Å². The summed E-state index contributed by atoms with van der Waals surface area (Å²) >= 11 is 0. The van der Waals surface area contributed by atoms with Gasteiger partial charge in [-0.2, -0.15) is 12.2 Å². The topological polar surface area (TPSA) is 51.2 Å². The van der Waals surface area contributed by atoms with Crippen molar-refractivity contribution in [2.24, 2.45) is 0 Å². The zero-order valence-corrected chi connectivity index (χ0v) is 14.3. The number of hydrogen-bond acceptors (Lipinski definition) is 3. The third-order valence-electron chi connectivity index (χ3n) is 1.73. The van der Waals surface area contributed by atoms with Gasteiger partial charge >= 0.3 is 19.5 Å². The Kier molecular flexibility index (Phi) is 48.1. The van der Waals surface area contributed by atoms with E-state index in [1.807, 2.05) is 24.3 Å². The number of carbonyl (C=O) groups excluding carboxylic acids is 3. The molecule has 0 heterocycles. The van der Waals surface area contributed by atoms with E-state index in [-0.39, 0.29) is 19.5 Å². The molecule has 0 unspecified atom stereocenters. The van der Waals surface area contributed by atoms with Crippen molar-refractivity contribution >= 4 is 19.4 Å². The molecule has 117 valence electrons. The van der Waals surface area contributed by atoms with Gasteiger partial charge in [-0.1, -0.05) is 26.7 Å². The standard InChI is InChI=1S/2C8H11O.CHO.Ru/c2*1-2-3-4-5-6-7-8-9;1-2;/h2*4-7H,2-3H2,1H3;1H;/q3*-1;+3. The SMILES string of the molecule is CCCC=CC=C[C-]=O.CCCC=CC=C[C-]=O.[CH-]=O.[Ru+3]. The second-order valence-electron chi connectivity index (χ2n) is 3.39. The van der Waals surface area contributed by atoms with E-state index in [9.17, 15) is 9.59 Å². The summed E-state index contributed by atoms with van der Waals surface area (Å²) in [6.07, 6.45) is 21.6. The normalized spacial score (nSPS) is 9.81. The van der Waals surface area contributed by atoms with Crippen molar-refractivity contribution in [1.82, 2.24) is 0 Å². The summed E-state index contributed by atoms with van der Waals surface area (Å²) in [6.45, 7) is 7.47. The summed E-state index contributed by atoms with van der Waals surface area (Å²) < 4.78 is 0. The van der Waals surface area contributed by atoms with Gasteiger partial charge in [-0.3, -0.25) is 6.79 Å². The van der Waals surface area contributed by atoms with Crippen LogP contribution in [0, 0.1) is 0 Å². The summed E-state index contributed by atoms with van der Waals surface area (Å²) in [5, 5.41) is 0. The van der Waals surface area contributed by atoms with Gasteiger partial charge in [-0.25, -0.2) is 12.2 Å². The molecule has 0 fully saturated rings. The van der Waals surface area contributed by atoms with Gasteiger partial charge in [0.05, 0.1) is 0 Å². The fourth-order valence-electron chi connectivity index (χ4n) is 0.873. The predicted octanol–water partition coefficient (Wildman–Crippen LogP) is 3.74. The summed E-state index contributed by atoms with van der Waals surface area (Å²) in [5.74, 6) is 0. The van der Waals surface area contributed by atoms with E-state index in [2.05, 4.69) is 20.6 Å². The molecule has 0 aromatic rings. The smallest absolute Gasteiger partial charge is 0.545 e. The van der Waals surface area contributed by atoms with Gasteiger partial charge < -0.3 is 14.4 Å². The molecular weight excluding hydrogens is 353 g/mol. The molecule has 0 rings (SSSR count). The zero-order valence-electron chi connectivity index (χ0n) is 12.6. The molecule has 0 aliphatic carbocycles. The molecule has 0 spiro atoms. The predicted molar refractivity (Wildman–Crippen MR) is 84.5 cm³/mol. The van der Waals surface area contributed by atoms with Crippen molar-refractivity contribution < 1.29 is 33.9 Å². The molecule has 0 saturated heterocycles. The first-order valence-electron chi connectivity index (χ1n) is 6.45. The summed E-state index contributed by atoms with van der Waals surface area (Å²) in [6, 6.07) is 0. The van der Waals surface area contributed by atoms with Crippen LogP contribution in [0.1, 0.15) is 39.5 Å². The fourth-order valence-corrected chi connectivity index (χ4v) is 0.873. The first-order valence-corrected chi connectivity index (χ1v) is 6.45. The number of rotatable bonds is 8. The van der Waals surface area contributed by atoms with Gasteiger partial charge in [0, 0.05) is 0 Å². The zero-order chi connectivity index (χ0) is 15.9. The number of unbranched alkanes of at least 4 members (excludes halogenated alkanes) is 2. The fraction of sp³-hybridized carbons (Fsp3) is 0.353. The molecule has 0 saturated carbocycles. The van der Waals surface area contributed by atoms with E-state index in [0.717, 1.165) is 25.7 Å². The maximum absolute atomic E-state index is 9.59. The Balaban J connectivity index is -0.000000118. The average molecular weight is 376 g/mol. The van der Waals surface area contributed by atoms with Crippen LogP contribution in [0.5, 0.6) is 0 Å². The van der Waals surface area contributed by atoms with Crippen LogP contribution in [0.15, 0.2) is 48.6 Å². The van der Waals surface area contributed by atoms with E-state index in [1.54, 1.807) is 24.7 Å². The van der Waals surface area contributed by atoms with Crippen molar-refractivity contribution in [1.29, 1.82) is 0 Å². The Morgan fingerprint density at radius 1 is 0.762 bits per heavy atom. The third kappa shape index (κ3) is 45.6. The average Bonchev–Trinajstić information content (AvgIpc) is 2.50. The van der Waals surface area contributed by atoms with Crippen LogP contribution >= 0.6 is 0 Å². The molecule has 4 heteroatoms. The van der Waals surface area contributed by atoms with Crippen LogP contribution in [-0.2, 0) is 33.9 Å². The first-order chi connectivity index (χ1) is 9.83. The van der Waals surface area contributed by atoms with Gasteiger partial charge in [-0.05, 0) is 25.4 Å². The Hall–Kier alpha value is -1.41. The maximum atomic E-state index is 9.59. The van der Waals surface area contributed by atoms with Crippen molar-refractivity contribution in [3.05, 3.63) is 48.6 Å². The van der Waals surface area contributed by atoms with Crippen LogP contribution < -0.4 is 0 Å². The molecule has 0 aliphatic heterocycles. The second-order valence-corrected chi connectivity index (χ2v) is 3.39. The summed E-state index contributed by atoms with van der Waals surface area (Å²) in [4.78, 5) is 26.9. The van der Waals surface area contributed by atoms with Crippen molar-refractivity contribution in [2.45, 2.75) is 39.5 Å². The van der Waals surface area contributed by atoms with Gasteiger partial charge in [-0.15, -0.1) is 24.3 Å². The second kappa shape index (κ2) is 36.3. The van der Waals surface area contributed by atoms with Crippen molar-refractivity contribution in [2.75, 3.05) is 0 Å². The Morgan fingerprint density at radius 2 is 1.10 bits per heavy atom. The van der Waals surface area contributed by atoms with E-state index < -0.39 is 0 Å². The van der Waals surface area contributed by atoms with E-state index >= 15 is 0 Å². The van der Waals surface area contributed by atoms with Crippen molar-refractivity contribution in [3.8, 4) is 0 Å². The maximum Gasteiger partial charge on any atom is 3.00 e. The third-order valence-corrected chi connectivity index (χ3v) is 1.73. The molecule has 0 amide bonds. The molecule has 21 heavy (non-hydrogen) atoms. The van der Waals surface area contributed by atoms with Crippen LogP contribution in [0.4, 0.5) is 0 Å². The minimum absolute atomic E-state index is 0. The molecule has 1 radical (unpaired) electrons. The van der Waals surface area contributed by atoms with Gasteiger partial charge in [0.25, 0.3) is 0 Å². The first kappa shape index (κ1) is 27.9. The van der Waals surface area contributed by atoms with Crippen LogP contribution in [0.2, 0.25) is 0 Å². The molecule has 0 aliphatic rings. The largest absolute Gasteiger partial charge is 3.00 e. The van der Waals surface area contributed by atoms with Gasteiger partial charge in [0.2, 0.25) is 0 Å². The van der Waals surface area contributed by atoms with E-state index in [4.69, 9.17) is 4.79 Å². The van der Waals surface area contributed by atoms with Gasteiger partial charge in [0.15, 0.2) is 0 Å². The molecular formula is C17H23O3Ru. The van der Waals surface area contributed by atoms with E-state index in [1.165, 1.54) is 12.2 Å². The Labute approximate surface area is 141 Å². The number of allylic oxidation sites excluding steroid dienone is 8. The molecule has 0 aromatic carbocycles. The molecule has 0 N–H and O–H groups in total. The Morgan fingerprint density at radius 3 is 1.33 bits per heavy atom. The van der Waals surface area contributed by atoms with E-state index in [0.29, 0.717) is 0 Å². The molecule has 3 nitrogen and oxygen atoms in total. The van der Waals surface area contributed by atoms with Gasteiger partial charge in [0.1, 0.15) is 0 Å². The monoisotopic (exact) mass is 377 g/mol. The minimum atomic E-state index is 0.